The van der Waals surface area contributed by atoms with Gasteiger partial charge in [-0.15, -0.1) is 0 Å². The van der Waals surface area contributed by atoms with Crippen LogP contribution >= 0.6 is 0 Å². The lowest BCUT2D eigenvalue weighted by molar-refractivity contribution is 0.414. The second-order valence-electron chi connectivity index (χ2n) is 8.62. The Bertz CT molecular complexity index is 1610. The molecule has 0 saturated heterocycles. The minimum atomic E-state index is -0.871. The van der Waals surface area contributed by atoms with Crippen molar-refractivity contribution in [2.24, 2.45) is 22.0 Å². The molecule has 3 aliphatic rings. The van der Waals surface area contributed by atoms with Crippen molar-refractivity contribution in [2.45, 2.75) is 5.54 Å². The molecule has 4 aromatic rings. The number of hydrogen-bond donors (Lipinski definition) is 0. The van der Waals surface area contributed by atoms with E-state index in [2.05, 4.69) is 76.1 Å². The number of fused-ring (bicyclic) bond motifs is 3. The first kappa shape index (κ1) is 19.1. The predicted molar refractivity (Wildman–Crippen MR) is 136 cm³/mol. The molecule has 0 N–H and O–H groups in total. The lowest BCUT2D eigenvalue weighted by Gasteiger charge is -2.35. The Labute approximate surface area is 196 Å². The van der Waals surface area contributed by atoms with E-state index in [0.29, 0.717) is 5.96 Å². The maximum atomic E-state index is 5.45. The molecular formula is C28H21N5O. The summed E-state index contributed by atoms with van der Waals surface area (Å²) in [6, 6.07) is 27.0. The molecule has 0 aliphatic carbocycles. The summed E-state index contributed by atoms with van der Waals surface area (Å²) in [5, 5.41) is 1.16. The van der Waals surface area contributed by atoms with Crippen LogP contribution in [0.15, 0.2) is 99.9 Å². The number of benzene rings is 3. The summed E-state index contributed by atoms with van der Waals surface area (Å²) in [5.74, 6) is 2.28. The molecule has 34 heavy (non-hydrogen) atoms. The third-order valence-electron chi connectivity index (χ3n) is 6.90. The van der Waals surface area contributed by atoms with Crippen molar-refractivity contribution in [1.82, 2.24) is 9.47 Å². The van der Waals surface area contributed by atoms with Crippen molar-refractivity contribution in [1.29, 1.82) is 0 Å². The van der Waals surface area contributed by atoms with Crippen molar-refractivity contribution < 1.29 is 4.74 Å². The van der Waals surface area contributed by atoms with Crippen molar-refractivity contribution in [3.63, 3.8) is 0 Å². The van der Waals surface area contributed by atoms with E-state index in [9.17, 15) is 0 Å². The molecule has 1 aromatic heterocycles. The Morgan fingerprint density at radius 1 is 0.912 bits per heavy atom. The first-order chi connectivity index (χ1) is 16.7. The fourth-order valence-electron chi connectivity index (χ4n) is 5.29. The van der Waals surface area contributed by atoms with E-state index in [4.69, 9.17) is 14.7 Å². The number of methoxy groups -OCH3 is 1. The van der Waals surface area contributed by atoms with Gasteiger partial charge in [-0.2, -0.15) is 0 Å². The van der Waals surface area contributed by atoms with Gasteiger partial charge in [-0.25, -0.2) is 15.0 Å². The number of allylic oxidation sites excluding steroid dienone is 1. The highest BCUT2D eigenvalue weighted by Crippen LogP contribution is 2.49. The van der Waals surface area contributed by atoms with Crippen molar-refractivity contribution in [3.05, 3.63) is 102 Å². The van der Waals surface area contributed by atoms with Crippen LogP contribution < -0.4 is 4.74 Å². The smallest absolute Gasteiger partial charge is 0.232 e. The molecule has 7 rings (SSSR count). The Hall–Kier alpha value is -4.45. The van der Waals surface area contributed by atoms with Gasteiger partial charge in [0.05, 0.1) is 24.2 Å². The SMILES string of the molecule is COc1ccc(C2(c3cc4ccccc4n3C)N=C3N=CC=C4c5ccccc5N=C2N43)cc1. The van der Waals surface area contributed by atoms with Crippen LogP contribution in [0.1, 0.15) is 16.8 Å². The number of aromatic nitrogens is 1. The van der Waals surface area contributed by atoms with Crippen molar-refractivity contribution in [2.75, 3.05) is 7.11 Å². The highest BCUT2D eigenvalue weighted by molar-refractivity contribution is 6.24. The molecule has 0 bridgehead atoms. The number of nitrogens with zero attached hydrogens (tertiary/aromatic N) is 5. The van der Waals surface area contributed by atoms with Gasteiger partial charge in [0.25, 0.3) is 0 Å². The Morgan fingerprint density at radius 2 is 1.71 bits per heavy atom. The maximum absolute atomic E-state index is 5.45. The highest BCUT2D eigenvalue weighted by atomic mass is 16.5. The van der Waals surface area contributed by atoms with Crippen LogP contribution in [0.25, 0.3) is 16.6 Å². The van der Waals surface area contributed by atoms with Gasteiger partial charge in [0.15, 0.2) is 11.4 Å². The molecule has 0 radical (unpaired) electrons. The van der Waals surface area contributed by atoms with Gasteiger partial charge in [-0.1, -0.05) is 48.5 Å². The van der Waals surface area contributed by atoms with Crippen molar-refractivity contribution >= 4 is 40.3 Å². The van der Waals surface area contributed by atoms with Crippen LogP contribution in [0.2, 0.25) is 0 Å². The Balaban J connectivity index is 1.60. The number of para-hydroxylation sites is 2. The molecule has 164 valence electrons. The molecule has 1 unspecified atom stereocenters. The summed E-state index contributed by atoms with van der Waals surface area (Å²) in [6.07, 6.45) is 3.87. The van der Waals surface area contributed by atoms with E-state index in [1.807, 2.05) is 36.6 Å². The quantitative estimate of drug-likeness (QED) is 0.433. The predicted octanol–water partition coefficient (Wildman–Crippen LogP) is 5.27. The first-order valence-corrected chi connectivity index (χ1v) is 11.2. The minimum absolute atomic E-state index is 0.645. The molecule has 6 nitrogen and oxygen atoms in total. The van der Waals surface area contributed by atoms with Gasteiger partial charge < -0.3 is 9.30 Å². The average molecular weight is 444 g/mol. The van der Waals surface area contributed by atoms with Crippen LogP contribution in [-0.4, -0.2) is 34.6 Å². The molecule has 1 atom stereocenters. The fraction of sp³-hybridized carbons (Fsp3) is 0.107. The molecule has 0 saturated carbocycles. The van der Waals surface area contributed by atoms with Gasteiger partial charge >= 0.3 is 0 Å². The van der Waals surface area contributed by atoms with Crippen LogP contribution in [0.3, 0.4) is 0 Å². The minimum Gasteiger partial charge on any atom is -0.497 e. The fourth-order valence-corrected chi connectivity index (χ4v) is 5.29. The number of amidine groups is 1. The van der Waals surface area contributed by atoms with E-state index >= 15 is 0 Å². The number of aliphatic imine (C=N–C) groups is 3. The zero-order valence-corrected chi connectivity index (χ0v) is 18.8. The van der Waals surface area contributed by atoms with Gasteiger partial charge in [0.1, 0.15) is 5.75 Å². The zero-order chi connectivity index (χ0) is 22.9. The van der Waals surface area contributed by atoms with Crippen LogP contribution in [-0.2, 0) is 12.6 Å². The second-order valence-corrected chi connectivity index (χ2v) is 8.62. The molecule has 0 spiro atoms. The van der Waals surface area contributed by atoms with Crippen molar-refractivity contribution in [3.8, 4) is 5.75 Å². The third kappa shape index (κ3) is 2.37. The number of ether oxygens (including phenoxy) is 1. The summed E-state index contributed by atoms with van der Waals surface area (Å²) < 4.78 is 7.67. The molecule has 0 fully saturated rings. The molecule has 4 heterocycles. The maximum Gasteiger partial charge on any atom is 0.232 e. The second kappa shape index (κ2) is 6.78. The summed E-state index contributed by atoms with van der Waals surface area (Å²) in [5.41, 5.74) is 5.37. The van der Waals surface area contributed by atoms with Gasteiger partial charge in [-0.05, 0) is 47.4 Å². The standard InChI is InChI=1S/C28H21N5O/c1-32-23-10-6-3-7-18(23)17-25(32)28(19-11-13-20(34-2)14-12-19)26-30-22-9-5-4-8-21(22)24-15-16-29-27(31-28)33(24)26/h3-17H,1-2H3. The highest BCUT2D eigenvalue weighted by Gasteiger charge is 2.53. The lowest BCUT2D eigenvalue weighted by Crippen LogP contribution is -2.43. The summed E-state index contributed by atoms with van der Waals surface area (Å²) >= 11 is 0. The van der Waals surface area contributed by atoms with E-state index < -0.39 is 5.54 Å². The summed E-state index contributed by atoms with van der Waals surface area (Å²) in [6.45, 7) is 0. The molecule has 3 aromatic carbocycles. The van der Waals surface area contributed by atoms with Crippen LogP contribution in [0.5, 0.6) is 5.75 Å². The van der Waals surface area contributed by atoms with Crippen LogP contribution in [0.4, 0.5) is 5.69 Å². The average Bonchev–Trinajstić information content (AvgIpc) is 3.41. The topological polar surface area (TPSA) is 54.5 Å². The van der Waals surface area contributed by atoms with E-state index in [1.54, 1.807) is 7.11 Å². The molecule has 0 amide bonds. The third-order valence-corrected chi connectivity index (χ3v) is 6.90. The van der Waals surface area contributed by atoms with E-state index in [1.165, 1.54) is 0 Å². The monoisotopic (exact) mass is 443 g/mol. The first-order valence-electron chi connectivity index (χ1n) is 11.2. The number of hydrogen-bond acceptors (Lipinski definition) is 5. The zero-order valence-electron chi connectivity index (χ0n) is 18.8. The van der Waals surface area contributed by atoms with E-state index in [-0.39, 0.29) is 0 Å². The summed E-state index contributed by atoms with van der Waals surface area (Å²) in [7, 11) is 3.77. The normalized spacial score (nSPS) is 19.9. The Morgan fingerprint density at radius 3 is 2.53 bits per heavy atom. The number of guanidine groups is 1. The van der Waals surface area contributed by atoms with Crippen LogP contribution in [0, 0.1) is 0 Å². The Kier molecular flexibility index (Phi) is 3.80. The summed E-state index contributed by atoms with van der Waals surface area (Å²) in [4.78, 5) is 17.3. The van der Waals surface area contributed by atoms with Gasteiger partial charge in [0, 0.05) is 24.3 Å². The molecular weight excluding hydrogens is 422 g/mol. The lowest BCUT2D eigenvalue weighted by atomic mass is 9.84. The van der Waals surface area contributed by atoms with E-state index in [0.717, 1.165) is 50.7 Å². The molecule has 6 heteroatoms. The number of rotatable bonds is 3. The number of aryl methyl sites for hydroxylation is 1. The molecule has 3 aliphatic heterocycles. The van der Waals surface area contributed by atoms with Gasteiger partial charge in [-0.3, -0.25) is 4.90 Å². The van der Waals surface area contributed by atoms with Gasteiger partial charge in [0.2, 0.25) is 5.96 Å². The largest absolute Gasteiger partial charge is 0.497 e.